The maximum absolute atomic E-state index is 10.9. The van der Waals surface area contributed by atoms with Crippen molar-refractivity contribution in [1.82, 2.24) is 9.97 Å². The fraction of sp³-hybridized carbons (Fsp3) is 0.417. The molecule has 1 rings (SSSR count). The maximum Gasteiger partial charge on any atom is 0.327 e. The minimum atomic E-state index is -1.04. The van der Waals surface area contributed by atoms with Gasteiger partial charge in [0, 0.05) is 18.7 Å². The van der Waals surface area contributed by atoms with E-state index in [2.05, 4.69) is 21.2 Å². The predicted octanol–water partition coefficient (Wildman–Crippen LogP) is 1.15. The second-order valence-corrected chi connectivity index (χ2v) is 3.51. The summed E-state index contributed by atoms with van der Waals surface area (Å²) in [6.07, 6.45) is 7.51. The molecule has 0 aliphatic heterocycles. The second-order valence-electron chi connectivity index (χ2n) is 3.51. The molecule has 6 heteroatoms. The van der Waals surface area contributed by atoms with E-state index in [9.17, 15) is 4.79 Å². The Morgan fingerprint density at radius 2 is 2.50 bits per heavy atom. The van der Waals surface area contributed by atoms with Crippen LogP contribution in [0.3, 0.4) is 0 Å². The lowest BCUT2D eigenvalue weighted by molar-refractivity contribution is -0.137. The molecule has 18 heavy (non-hydrogen) atoms. The molecular weight excluding hydrogens is 234 g/mol. The number of terminal acetylenes is 1. The molecular formula is C12H15N3O3. The topological polar surface area (TPSA) is 84.3 Å². The van der Waals surface area contributed by atoms with Crippen molar-refractivity contribution < 1.29 is 14.6 Å². The summed E-state index contributed by atoms with van der Waals surface area (Å²) in [5, 5.41) is 11.6. The predicted molar refractivity (Wildman–Crippen MR) is 66.3 cm³/mol. The van der Waals surface area contributed by atoms with Crippen molar-refractivity contribution in [1.29, 1.82) is 0 Å². The first-order valence-corrected chi connectivity index (χ1v) is 5.56. The molecule has 1 aromatic rings. The molecule has 0 bridgehead atoms. The second kappa shape index (κ2) is 7.12. The van der Waals surface area contributed by atoms with E-state index >= 15 is 0 Å². The van der Waals surface area contributed by atoms with Crippen molar-refractivity contribution in [3.05, 3.63) is 12.3 Å². The summed E-state index contributed by atoms with van der Waals surface area (Å²) in [4.78, 5) is 18.9. The maximum atomic E-state index is 10.9. The summed E-state index contributed by atoms with van der Waals surface area (Å²) in [6, 6.07) is 0.703. The number of nitrogens with one attached hydrogen (secondary N) is 1. The Kier molecular flexibility index (Phi) is 5.45. The largest absolute Gasteiger partial charge is 0.480 e. The molecule has 0 radical (unpaired) electrons. The monoisotopic (exact) mass is 249 g/mol. The van der Waals surface area contributed by atoms with Crippen LogP contribution >= 0.6 is 0 Å². The quantitative estimate of drug-likeness (QED) is 0.705. The fourth-order valence-corrected chi connectivity index (χ4v) is 1.17. The zero-order valence-electron chi connectivity index (χ0n) is 10.1. The van der Waals surface area contributed by atoms with E-state index < -0.39 is 12.0 Å². The van der Waals surface area contributed by atoms with E-state index in [0.717, 1.165) is 6.42 Å². The van der Waals surface area contributed by atoms with Gasteiger partial charge in [0.25, 0.3) is 0 Å². The van der Waals surface area contributed by atoms with Crippen LogP contribution in [0.1, 0.15) is 19.8 Å². The number of aromatic nitrogens is 2. The van der Waals surface area contributed by atoms with Crippen LogP contribution < -0.4 is 10.1 Å². The average Bonchev–Trinajstić information content (AvgIpc) is 2.36. The van der Waals surface area contributed by atoms with Gasteiger partial charge in [-0.05, 0) is 6.42 Å². The molecule has 0 aliphatic rings. The normalized spacial score (nSPS) is 11.3. The molecule has 0 aromatic carbocycles. The van der Waals surface area contributed by atoms with Gasteiger partial charge in [-0.3, -0.25) is 0 Å². The Labute approximate surface area is 105 Å². The highest BCUT2D eigenvalue weighted by Crippen LogP contribution is 2.10. The first-order chi connectivity index (χ1) is 8.67. The highest BCUT2D eigenvalue weighted by molar-refractivity contribution is 5.76. The molecule has 0 saturated heterocycles. The number of rotatable bonds is 7. The summed E-state index contributed by atoms with van der Waals surface area (Å²) in [5.74, 6) is 1.83. The molecule has 1 heterocycles. The molecule has 2 N–H and O–H groups in total. The minimum Gasteiger partial charge on any atom is -0.480 e. The average molecular weight is 249 g/mol. The number of ether oxygens (including phenoxy) is 1. The summed E-state index contributed by atoms with van der Waals surface area (Å²) in [5.41, 5.74) is 0. The molecule has 0 amide bonds. The lowest BCUT2D eigenvalue weighted by Crippen LogP contribution is -2.29. The highest BCUT2D eigenvalue weighted by atomic mass is 16.5. The van der Waals surface area contributed by atoms with Gasteiger partial charge >= 0.3 is 5.97 Å². The van der Waals surface area contributed by atoms with Crippen LogP contribution in [0.2, 0.25) is 0 Å². The smallest absolute Gasteiger partial charge is 0.327 e. The number of aliphatic carboxylic acids is 1. The van der Waals surface area contributed by atoms with Crippen LogP contribution in [0.25, 0.3) is 0 Å². The third-order valence-electron chi connectivity index (χ3n) is 2.01. The first kappa shape index (κ1) is 13.8. The van der Waals surface area contributed by atoms with Gasteiger partial charge in [-0.2, -0.15) is 4.98 Å². The Balaban J connectivity index is 2.71. The molecule has 6 nitrogen and oxygen atoms in total. The lowest BCUT2D eigenvalue weighted by atomic mass is 10.2. The van der Waals surface area contributed by atoms with Gasteiger partial charge in [0.15, 0.2) is 0 Å². The third kappa shape index (κ3) is 4.29. The van der Waals surface area contributed by atoms with Crippen LogP contribution in [0.5, 0.6) is 5.88 Å². The van der Waals surface area contributed by atoms with Crippen LogP contribution in [0.15, 0.2) is 12.3 Å². The highest BCUT2D eigenvalue weighted by Gasteiger charge is 2.17. The Morgan fingerprint density at radius 1 is 1.72 bits per heavy atom. The van der Waals surface area contributed by atoms with E-state index in [-0.39, 0.29) is 12.4 Å². The van der Waals surface area contributed by atoms with Crippen LogP contribution in [0, 0.1) is 12.3 Å². The zero-order chi connectivity index (χ0) is 13.4. The van der Waals surface area contributed by atoms with Crippen LogP contribution in [0.4, 0.5) is 5.95 Å². The molecule has 0 fully saturated rings. The van der Waals surface area contributed by atoms with Gasteiger partial charge < -0.3 is 15.2 Å². The molecule has 0 aliphatic carbocycles. The van der Waals surface area contributed by atoms with Crippen molar-refractivity contribution in [3.8, 4) is 18.2 Å². The third-order valence-corrected chi connectivity index (χ3v) is 2.01. The number of carboxylic acids is 1. The van der Waals surface area contributed by atoms with Crippen molar-refractivity contribution in [3.63, 3.8) is 0 Å². The van der Waals surface area contributed by atoms with E-state index in [1.54, 1.807) is 6.07 Å². The number of anilines is 1. The summed E-state index contributed by atoms with van der Waals surface area (Å²) < 4.78 is 5.32. The summed E-state index contributed by atoms with van der Waals surface area (Å²) in [6.45, 7) is 2.52. The van der Waals surface area contributed by atoms with E-state index in [0.29, 0.717) is 12.5 Å². The van der Waals surface area contributed by atoms with Gasteiger partial charge in [-0.1, -0.05) is 6.92 Å². The molecule has 0 saturated carbocycles. The fourth-order valence-electron chi connectivity index (χ4n) is 1.17. The summed E-state index contributed by atoms with van der Waals surface area (Å²) in [7, 11) is 0. The van der Waals surface area contributed by atoms with Gasteiger partial charge in [-0.15, -0.1) is 12.3 Å². The molecule has 96 valence electrons. The van der Waals surface area contributed by atoms with E-state index in [1.807, 2.05) is 6.92 Å². The van der Waals surface area contributed by atoms with Crippen molar-refractivity contribution in [2.75, 3.05) is 11.9 Å². The number of hydrogen-bond acceptors (Lipinski definition) is 5. The molecule has 0 spiro atoms. The van der Waals surface area contributed by atoms with Crippen molar-refractivity contribution >= 4 is 11.9 Å². The SMILES string of the molecule is C#CCC(Nc1nccc(OCCC)n1)C(=O)O. The number of carboxylic acid groups (broad SMARTS) is 1. The first-order valence-electron chi connectivity index (χ1n) is 5.56. The Hall–Kier alpha value is -2.29. The minimum absolute atomic E-state index is 0.0543. The Morgan fingerprint density at radius 3 is 3.11 bits per heavy atom. The molecule has 1 atom stereocenters. The number of carbonyl (C=O) groups is 1. The molecule has 1 unspecified atom stereocenters. The zero-order valence-corrected chi connectivity index (χ0v) is 10.1. The standard InChI is InChI=1S/C12H15N3O3/c1-3-5-9(11(16)17)14-12-13-7-6-10(15-12)18-8-4-2/h1,6-7,9H,4-5,8H2,2H3,(H,16,17)(H,13,14,15). The summed E-state index contributed by atoms with van der Waals surface area (Å²) >= 11 is 0. The lowest BCUT2D eigenvalue weighted by Gasteiger charge is -2.12. The number of nitrogens with zero attached hydrogens (tertiary/aromatic N) is 2. The van der Waals surface area contributed by atoms with E-state index in [1.165, 1.54) is 6.20 Å². The Bertz CT molecular complexity index is 442. The van der Waals surface area contributed by atoms with Gasteiger partial charge in [0.05, 0.1) is 6.61 Å². The van der Waals surface area contributed by atoms with Crippen molar-refractivity contribution in [2.45, 2.75) is 25.8 Å². The van der Waals surface area contributed by atoms with Crippen LogP contribution in [-0.2, 0) is 4.79 Å². The van der Waals surface area contributed by atoms with Crippen molar-refractivity contribution in [2.24, 2.45) is 0 Å². The van der Waals surface area contributed by atoms with Gasteiger partial charge in [0.2, 0.25) is 11.8 Å². The van der Waals surface area contributed by atoms with Crippen LogP contribution in [-0.4, -0.2) is 33.7 Å². The number of hydrogen-bond donors (Lipinski definition) is 2. The van der Waals surface area contributed by atoms with Gasteiger partial charge in [-0.25, -0.2) is 9.78 Å². The van der Waals surface area contributed by atoms with Gasteiger partial charge in [0.1, 0.15) is 6.04 Å². The van der Waals surface area contributed by atoms with E-state index in [4.69, 9.17) is 16.3 Å². The molecule has 1 aromatic heterocycles.